The lowest BCUT2D eigenvalue weighted by Gasteiger charge is -2.24. The Morgan fingerprint density at radius 2 is 1.84 bits per heavy atom. The van der Waals surface area contributed by atoms with E-state index in [1.807, 2.05) is 23.9 Å². The molecule has 0 saturated heterocycles. The SMILES string of the molecule is CCNC(=NCC(C)(C)c1ccc(OC)cc1)NCCCCSC.I. The lowest BCUT2D eigenvalue weighted by Crippen LogP contribution is -2.39. The molecule has 1 aromatic rings. The van der Waals surface area contributed by atoms with E-state index in [0.717, 1.165) is 31.3 Å². The normalized spacial score (nSPS) is 11.6. The molecule has 6 heteroatoms. The second kappa shape index (κ2) is 13.6. The van der Waals surface area contributed by atoms with Crippen LogP contribution < -0.4 is 15.4 Å². The number of methoxy groups -OCH3 is 1. The van der Waals surface area contributed by atoms with Gasteiger partial charge >= 0.3 is 0 Å². The Morgan fingerprint density at radius 3 is 2.40 bits per heavy atom. The van der Waals surface area contributed by atoms with Gasteiger partial charge in [-0.15, -0.1) is 24.0 Å². The van der Waals surface area contributed by atoms with Crippen molar-refractivity contribution < 1.29 is 4.74 Å². The van der Waals surface area contributed by atoms with Crippen molar-refractivity contribution in [3.8, 4) is 5.75 Å². The van der Waals surface area contributed by atoms with Gasteiger partial charge in [-0.1, -0.05) is 26.0 Å². The molecule has 0 radical (unpaired) electrons. The van der Waals surface area contributed by atoms with Gasteiger partial charge in [-0.2, -0.15) is 11.8 Å². The molecule has 0 aliphatic carbocycles. The van der Waals surface area contributed by atoms with Gasteiger partial charge < -0.3 is 15.4 Å². The van der Waals surface area contributed by atoms with Crippen molar-refractivity contribution in [2.24, 2.45) is 4.99 Å². The molecule has 25 heavy (non-hydrogen) atoms. The van der Waals surface area contributed by atoms with Gasteiger partial charge in [0.25, 0.3) is 0 Å². The maximum atomic E-state index is 5.24. The highest BCUT2D eigenvalue weighted by Crippen LogP contribution is 2.25. The first-order chi connectivity index (χ1) is 11.5. The molecular formula is C19H34IN3OS. The number of nitrogens with one attached hydrogen (secondary N) is 2. The third-order valence-corrected chi connectivity index (χ3v) is 4.61. The molecule has 0 unspecified atom stereocenters. The third-order valence-electron chi connectivity index (χ3n) is 3.92. The number of unbranched alkanes of at least 4 members (excludes halogenated alkanes) is 1. The fourth-order valence-electron chi connectivity index (χ4n) is 2.33. The Hall–Kier alpha value is -0.630. The minimum absolute atomic E-state index is 0. The Labute approximate surface area is 175 Å². The summed E-state index contributed by atoms with van der Waals surface area (Å²) in [5, 5.41) is 6.76. The summed E-state index contributed by atoms with van der Waals surface area (Å²) >= 11 is 1.90. The fraction of sp³-hybridized carbons (Fsp3) is 0.632. The minimum Gasteiger partial charge on any atom is -0.497 e. The topological polar surface area (TPSA) is 45.7 Å². The standard InChI is InChI=1S/C19H33N3OS.HI/c1-6-20-18(21-13-7-8-14-24-5)22-15-19(2,3)16-9-11-17(23-4)12-10-16;/h9-12H,6-8,13-15H2,1-5H3,(H2,20,21,22);1H. The molecule has 0 aliphatic heterocycles. The molecule has 144 valence electrons. The van der Waals surface area contributed by atoms with Gasteiger partial charge in [-0.25, -0.2) is 0 Å². The van der Waals surface area contributed by atoms with Crippen LogP contribution in [0.3, 0.4) is 0 Å². The number of thioether (sulfide) groups is 1. The summed E-state index contributed by atoms with van der Waals surface area (Å²) in [6.45, 7) is 9.12. The van der Waals surface area contributed by atoms with Crippen molar-refractivity contribution in [3.05, 3.63) is 29.8 Å². The highest BCUT2D eigenvalue weighted by atomic mass is 127. The maximum absolute atomic E-state index is 5.24. The lowest BCUT2D eigenvalue weighted by atomic mass is 9.85. The average molecular weight is 479 g/mol. The number of ether oxygens (including phenoxy) is 1. The largest absolute Gasteiger partial charge is 0.497 e. The van der Waals surface area contributed by atoms with E-state index in [4.69, 9.17) is 9.73 Å². The molecule has 1 rings (SSSR count). The first-order valence-corrected chi connectivity index (χ1v) is 10.1. The number of rotatable bonds is 10. The number of benzene rings is 1. The zero-order valence-corrected chi connectivity index (χ0v) is 19.4. The summed E-state index contributed by atoms with van der Waals surface area (Å²) in [7, 11) is 1.69. The Balaban J connectivity index is 0.00000576. The van der Waals surface area contributed by atoms with Crippen LogP contribution in [0.5, 0.6) is 5.75 Å². The molecule has 1 aromatic carbocycles. The average Bonchev–Trinajstić information content (AvgIpc) is 2.59. The van der Waals surface area contributed by atoms with Gasteiger partial charge in [0, 0.05) is 18.5 Å². The Bertz CT molecular complexity index is 492. The smallest absolute Gasteiger partial charge is 0.191 e. The molecule has 0 saturated carbocycles. The monoisotopic (exact) mass is 479 g/mol. The van der Waals surface area contributed by atoms with E-state index in [1.54, 1.807) is 7.11 Å². The quantitative estimate of drug-likeness (QED) is 0.228. The molecule has 0 spiro atoms. The van der Waals surface area contributed by atoms with Crippen molar-refractivity contribution >= 4 is 41.7 Å². The predicted molar refractivity (Wildman–Crippen MR) is 123 cm³/mol. The highest BCUT2D eigenvalue weighted by molar-refractivity contribution is 14.0. The summed E-state index contributed by atoms with van der Waals surface area (Å²) in [5.74, 6) is 3.02. The summed E-state index contributed by atoms with van der Waals surface area (Å²) < 4.78 is 5.24. The molecule has 0 aromatic heterocycles. The molecule has 0 aliphatic rings. The van der Waals surface area contributed by atoms with Crippen LogP contribution >= 0.6 is 35.7 Å². The summed E-state index contributed by atoms with van der Waals surface area (Å²) in [4.78, 5) is 4.78. The number of guanidine groups is 1. The van der Waals surface area contributed by atoms with Crippen LogP contribution in [0.15, 0.2) is 29.3 Å². The summed E-state index contributed by atoms with van der Waals surface area (Å²) in [6.07, 6.45) is 4.57. The second-order valence-corrected chi connectivity index (χ2v) is 7.42. The Kier molecular flexibility index (Phi) is 13.2. The number of nitrogens with zero attached hydrogens (tertiary/aromatic N) is 1. The van der Waals surface area contributed by atoms with Crippen LogP contribution in [-0.4, -0.2) is 44.7 Å². The molecule has 2 N–H and O–H groups in total. The van der Waals surface area contributed by atoms with Crippen LogP contribution in [-0.2, 0) is 5.41 Å². The second-order valence-electron chi connectivity index (χ2n) is 6.43. The minimum atomic E-state index is -0.0204. The first kappa shape index (κ1) is 24.4. The van der Waals surface area contributed by atoms with E-state index in [9.17, 15) is 0 Å². The third kappa shape index (κ3) is 9.58. The number of hydrogen-bond donors (Lipinski definition) is 2. The number of aliphatic imine (C=N–C) groups is 1. The van der Waals surface area contributed by atoms with E-state index in [2.05, 4.69) is 49.8 Å². The van der Waals surface area contributed by atoms with Crippen molar-refractivity contribution in [1.82, 2.24) is 10.6 Å². The van der Waals surface area contributed by atoms with E-state index in [1.165, 1.54) is 24.2 Å². The van der Waals surface area contributed by atoms with Gasteiger partial charge in [0.15, 0.2) is 5.96 Å². The number of halogens is 1. The lowest BCUT2D eigenvalue weighted by molar-refractivity contribution is 0.414. The van der Waals surface area contributed by atoms with Crippen molar-refractivity contribution in [2.45, 2.75) is 39.0 Å². The van der Waals surface area contributed by atoms with E-state index >= 15 is 0 Å². The van der Waals surface area contributed by atoms with Crippen LogP contribution in [0.25, 0.3) is 0 Å². The van der Waals surface area contributed by atoms with Crippen molar-refractivity contribution in [1.29, 1.82) is 0 Å². The van der Waals surface area contributed by atoms with Gasteiger partial charge in [0.1, 0.15) is 5.75 Å². The van der Waals surface area contributed by atoms with Gasteiger partial charge in [0.2, 0.25) is 0 Å². The zero-order valence-electron chi connectivity index (χ0n) is 16.2. The van der Waals surface area contributed by atoms with Crippen LogP contribution in [0.1, 0.15) is 39.2 Å². The van der Waals surface area contributed by atoms with Crippen LogP contribution in [0, 0.1) is 0 Å². The van der Waals surface area contributed by atoms with Gasteiger partial charge in [-0.05, 0) is 49.5 Å². The zero-order chi connectivity index (χ0) is 17.8. The van der Waals surface area contributed by atoms with Crippen LogP contribution in [0.4, 0.5) is 0 Å². The van der Waals surface area contributed by atoms with E-state index in [-0.39, 0.29) is 29.4 Å². The molecule has 0 bridgehead atoms. The molecule has 0 amide bonds. The Morgan fingerprint density at radius 1 is 1.16 bits per heavy atom. The van der Waals surface area contributed by atoms with Crippen molar-refractivity contribution in [2.75, 3.05) is 38.8 Å². The summed E-state index contributed by atoms with van der Waals surface area (Å²) in [6, 6.07) is 8.26. The fourth-order valence-corrected chi connectivity index (χ4v) is 2.82. The van der Waals surface area contributed by atoms with Crippen molar-refractivity contribution in [3.63, 3.8) is 0 Å². The molecule has 0 atom stereocenters. The first-order valence-electron chi connectivity index (χ1n) is 8.69. The molecule has 0 fully saturated rings. The van der Waals surface area contributed by atoms with Gasteiger partial charge in [-0.3, -0.25) is 4.99 Å². The van der Waals surface area contributed by atoms with Gasteiger partial charge in [0.05, 0.1) is 13.7 Å². The molecule has 4 nitrogen and oxygen atoms in total. The highest BCUT2D eigenvalue weighted by Gasteiger charge is 2.20. The molecule has 0 heterocycles. The van der Waals surface area contributed by atoms with E-state index in [0.29, 0.717) is 0 Å². The maximum Gasteiger partial charge on any atom is 0.191 e. The van der Waals surface area contributed by atoms with E-state index < -0.39 is 0 Å². The molecular weight excluding hydrogens is 445 g/mol. The number of hydrogen-bond acceptors (Lipinski definition) is 3. The van der Waals surface area contributed by atoms with Crippen LogP contribution in [0.2, 0.25) is 0 Å². The summed E-state index contributed by atoms with van der Waals surface area (Å²) in [5.41, 5.74) is 1.25. The predicted octanol–water partition coefficient (Wildman–Crippen LogP) is 4.29.